The lowest BCUT2D eigenvalue weighted by atomic mass is 10.0. The molecule has 2 rings (SSSR count). The van der Waals surface area contributed by atoms with Crippen LogP contribution in [0.4, 0.5) is 0 Å². The molecule has 23 heavy (non-hydrogen) atoms. The molecule has 5 nitrogen and oxygen atoms in total. The van der Waals surface area contributed by atoms with Gasteiger partial charge in [0.05, 0.1) is 12.7 Å². The van der Waals surface area contributed by atoms with Gasteiger partial charge in [0.15, 0.2) is 0 Å². The molecule has 0 aliphatic heterocycles. The number of aliphatic hydroxyl groups excluding tert-OH is 1. The van der Waals surface area contributed by atoms with Gasteiger partial charge in [0.2, 0.25) is 0 Å². The van der Waals surface area contributed by atoms with Crippen molar-refractivity contribution in [2.45, 2.75) is 32.9 Å². The molecule has 0 spiro atoms. The summed E-state index contributed by atoms with van der Waals surface area (Å²) in [6, 6.07) is 9.83. The van der Waals surface area contributed by atoms with Gasteiger partial charge >= 0.3 is 0 Å². The van der Waals surface area contributed by atoms with Gasteiger partial charge in [-0.25, -0.2) is 0 Å². The van der Waals surface area contributed by atoms with Crippen molar-refractivity contribution in [3.63, 3.8) is 0 Å². The molecular weight excluding hydrogens is 292 g/mol. The van der Waals surface area contributed by atoms with Crippen LogP contribution in [0.2, 0.25) is 0 Å². The fraction of sp³-hybridized carbons (Fsp3) is 0.500. The third kappa shape index (κ3) is 4.33. The maximum absolute atomic E-state index is 12.5. The minimum absolute atomic E-state index is 0.117. The third-order valence-electron chi connectivity index (χ3n) is 4.06. The van der Waals surface area contributed by atoms with Crippen molar-refractivity contribution < 1.29 is 14.6 Å². The predicted molar refractivity (Wildman–Crippen MR) is 91.6 cm³/mol. The fourth-order valence-electron chi connectivity index (χ4n) is 2.58. The molecule has 0 aliphatic carbocycles. The van der Waals surface area contributed by atoms with Gasteiger partial charge in [0.1, 0.15) is 5.69 Å². The quantitative estimate of drug-likeness (QED) is 0.786. The van der Waals surface area contributed by atoms with Gasteiger partial charge in [-0.05, 0) is 24.5 Å². The van der Waals surface area contributed by atoms with Crippen LogP contribution in [0.5, 0.6) is 0 Å². The zero-order valence-electron chi connectivity index (χ0n) is 14.1. The number of methoxy groups -OCH3 is 1. The maximum Gasteiger partial charge on any atom is 0.267 e. The summed E-state index contributed by atoms with van der Waals surface area (Å²) in [5.41, 5.74) is 1.65. The molecule has 0 radical (unpaired) electrons. The van der Waals surface area contributed by atoms with Gasteiger partial charge < -0.3 is 19.7 Å². The van der Waals surface area contributed by atoms with Crippen LogP contribution in [-0.2, 0) is 11.3 Å². The second-order valence-corrected chi connectivity index (χ2v) is 6.09. The number of amides is 1. The number of nitrogens with zero attached hydrogens (tertiary/aromatic N) is 1. The summed E-state index contributed by atoms with van der Waals surface area (Å²) in [5, 5.41) is 13.8. The molecule has 1 amide bonds. The zero-order valence-corrected chi connectivity index (χ0v) is 14.1. The van der Waals surface area contributed by atoms with Crippen molar-refractivity contribution in [2.75, 3.05) is 20.3 Å². The summed E-state index contributed by atoms with van der Waals surface area (Å²) in [4.78, 5) is 12.5. The average Bonchev–Trinajstić information content (AvgIpc) is 2.91. The molecule has 0 aliphatic rings. The SMILES string of the molecule is COCCn1c(C(=O)NCCC(O)C(C)C)cc2ccccc21. The van der Waals surface area contributed by atoms with E-state index in [4.69, 9.17) is 4.74 Å². The van der Waals surface area contributed by atoms with Gasteiger partial charge in [-0.3, -0.25) is 4.79 Å². The highest BCUT2D eigenvalue weighted by Gasteiger charge is 2.16. The lowest BCUT2D eigenvalue weighted by Gasteiger charge is -2.15. The monoisotopic (exact) mass is 318 g/mol. The highest BCUT2D eigenvalue weighted by molar-refractivity contribution is 5.98. The number of carbonyl (C=O) groups is 1. The Morgan fingerprint density at radius 3 is 2.78 bits per heavy atom. The molecule has 0 saturated heterocycles. The smallest absolute Gasteiger partial charge is 0.267 e. The summed E-state index contributed by atoms with van der Waals surface area (Å²) in [6.07, 6.45) is 0.163. The highest BCUT2D eigenvalue weighted by Crippen LogP contribution is 2.20. The number of benzene rings is 1. The Balaban J connectivity index is 2.12. The molecule has 1 atom stereocenters. The maximum atomic E-state index is 12.5. The largest absolute Gasteiger partial charge is 0.393 e. The van der Waals surface area contributed by atoms with Crippen molar-refractivity contribution in [1.29, 1.82) is 0 Å². The van der Waals surface area contributed by atoms with Gasteiger partial charge in [-0.2, -0.15) is 0 Å². The van der Waals surface area contributed by atoms with Crippen molar-refractivity contribution in [2.24, 2.45) is 5.92 Å². The number of nitrogens with one attached hydrogen (secondary N) is 1. The number of ether oxygens (including phenoxy) is 1. The van der Waals surface area contributed by atoms with E-state index in [9.17, 15) is 9.90 Å². The highest BCUT2D eigenvalue weighted by atomic mass is 16.5. The number of fused-ring (bicyclic) bond motifs is 1. The number of para-hydroxylation sites is 1. The molecule has 0 fully saturated rings. The molecule has 126 valence electrons. The predicted octanol–water partition coefficient (Wildman–Crippen LogP) is 2.42. The Morgan fingerprint density at radius 2 is 2.09 bits per heavy atom. The van der Waals surface area contributed by atoms with Crippen LogP contribution in [0, 0.1) is 5.92 Å². The first kappa shape index (κ1) is 17.5. The molecule has 1 aromatic carbocycles. The Labute approximate surface area is 137 Å². The molecule has 2 N–H and O–H groups in total. The average molecular weight is 318 g/mol. The van der Waals surface area contributed by atoms with E-state index in [2.05, 4.69) is 5.32 Å². The Morgan fingerprint density at radius 1 is 1.35 bits per heavy atom. The summed E-state index contributed by atoms with van der Waals surface area (Å²) >= 11 is 0. The van der Waals surface area contributed by atoms with E-state index in [1.54, 1.807) is 7.11 Å². The molecule has 2 aromatic rings. The molecular formula is C18H26N2O3. The van der Waals surface area contributed by atoms with Crippen LogP contribution >= 0.6 is 0 Å². The zero-order chi connectivity index (χ0) is 16.8. The van der Waals surface area contributed by atoms with Crippen LogP contribution in [0.15, 0.2) is 30.3 Å². The van der Waals surface area contributed by atoms with E-state index >= 15 is 0 Å². The van der Waals surface area contributed by atoms with Crippen LogP contribution < -0.4 is 5.32 Å². The van der Waals surface area contributed by atoms with E-state index < -0.39 is 6.10 Å². The van der Waals surface area contributed by atoms with E-state index in [-0.39, 0.29) is 11.8 Å². The Bertz CT molecular complexity index is 649. The van der Waals surface area contributed by atoms with E-state index in [0.717, 1.165) is 10.9 Å². The van der Waals surface area contributed by atoms with Crippen LogP contribution in [0.25, 0.3) is 10.9 Å². The molecule has 0 saturated carbocycles. The number of rotatable bonds is 8. The molecule has 1 aromatic heterocycles. The van der Waals surface area contributed by atoms with E-state index in [0.29, 0.717) is 31.8 Å². The van der Waals surface area contributed by atoms with Gasteiger partial charge in [0.25, 0.3) is 5.91 Å². The van der Waals surface area contributed by atoms with Gasteiger partial charge in [0, 0.05) is 31.1 Å². The van der Waals surface area contributed by atoms with Gasteiger partial charge in [-0.15, -0.1) is 0 Å². The third-order valence-corrected chi connectivity index (χ3v) is 4.06. The normalized spacial score (nSPS) is 12.7. The standard InChI is InChI=1S/C18H26N2O3/c1-13(2)17(21)8-9-19-18(22)16-12-14-6-4-5-7-15(14)20(16)10-11-23-3/h4-7,12-13,17,21H,8-11H2,1-3H3,(H,19,22). The first-order chi connectivity index (χ1) is 11.0. The van der Waals surface area contributed by atoms with E-state index in [1.165, 1.54) is 0 Å². The van der Waals surface area contributed by atoms with Crippen LogP contribution in [0.3, 0.4) is 0 Å². The minimum atomic E-state index is -0.394. The van der Waals surface area contributed by atoms with E-state index in [1.807, 2.05) is 48.7 Å². The minimum Gasteiger partial charge on any atom is -0.393 e. The summed E-state index contributed by atoms with van der Waals surface area (Å²) < 4.78 is 7.13. The van der Waals surface area contributed by atoms with Crippen molar-refractivity contribution in [1.82, 2.24) is 9.88 Å². The van der Waals surface area contributed by atoms with Crippen molar-refractivity contribution in [3.8, 4) is 0 Å². The first-order valence-electron chi connectivity index (χ1n) is 8.08. The second-order valence-electron chi connectivity index (χ2n) is 6.09. The number of aromatic nitrogens is 1. The molecule has 1 heterocycles. The number of hydrogen-bond acceptors (Lipinski definition) is 3. The Hall–Kier alpha value is -1.85. The fourth-order valence-corrected chi connectivity index (χ4v) is 2.58. The second kappa shape index (κ2) is 8.13. The number of aliphatic hydroxyl groups is 1. The topological polar surface area (TPSA) is 63.5 Å². The van der Waals surface area contributed by atoms with Crippen LogP contribution in [-0.4, -0.2) is 41.9 Å². The van der Waals surface area contributed by atoms with Gasteiger partial charge in [-0.1, -0.05) is 32.0 Å². The summed E-state index contributed by atoms with van der Waals surface area (Å²) in [6.45, 7) is 5.57. The molecule has 5 heteroatoms. The number of hydrogen-bond donors (Lipinski definition) is 2. The van der Waals surface area contributed by atoms with Crippen molar-refractivity contribution >= 4 is 16.8 Å². The first-order valence-corrected chi connectivity index (χ1v) is 8.08. The van der Waals surface area contributed by atoms with Crippen LogP contribution in [0.1, 0.15) is 30.8 Å². The Kier molecular flexibility index (Phi) is 6.19. The summed E-state index contributed by atoms with van der Waals surface area (Å²) in [7, 11) is 1.65. The molecule has 0 bridgehead atoms. The summed E-state index contributed by atoms with van der Waals surface area (Å²) in [5.74, 6) is 0.0771. The molecule has 1 unspecified atom stereocenters. The lowest BCUT2D eigenvalue weighted by molar-refractivity contribution is 0.0910. The van der Waals surface area contributed by atoms with Crippen molar-refractivity contribution in [3.05, 3.63) is 36.0 Å². The number of carbonyl (C=O) groups excluding carboxylic acids is 1. The lowest BCUT2D eigenvalue weighted by Crippen LogP contribution is -2.30.